The molecule has 3 aromatic rings. The van der Waals surface area contributed by atoms with Crippen LogP contribution in [0.1, 0.15) is 18.7 Å². The fourth-order valence-electron chi connectivity index (χ4n) is 2.49. The van der Waals surface area contributed by atoms with Gasteiger partial charge in [-0.3, -0.25) is 9.59 Å². The van der Waals surface area contributed by atoms with Crippen molar-refractivity contribution in [2.24, 2.45) is 0 Å². The number of carbonyl (C=O) groups excluding carboxylic acids is 1. The number of H-pyrrole nitrogens is 1. The lowest BCUT2D eigenvalue weighted by Gasteiger charge is -2.07. The van der Waals surface area contributed by atoms with Crippen molar-refractivity contribution in [2.45, 2.75) is 19.3 Å². The molecule has 0 unspecified atom stereocenters. The monoisotopic (exact) mass is 343 g/mol. The molecule has 1 amide bonds. The molecule has 2 N–H and O–H groups in total. The third-order valence-electron chi connectivity index (χ3n) is 3.71. The number of nitrogens with zero attached hydrogens (tertiary/aromatic N) is 1. The van der Waals surface area contributed by atoms with E-state index in [1.54, 1.807) is 24.3 Å². The molecule has 7 heteroatoms. The smallest absolute Gasteiger partial charge is 0.258 e. The second kappa shape index (κ2) is 7.21. The van der Waals surface area contributed by atoms with Crippen molar-refractivity contribution in [1.82, 2.24) is 9.97 Å². The number of hydrogen-bond donors (Lipinski definition) is 2. The van der Waals surface area contributed by atoms with Gasteiger partial charge in [-0.1, -0.05) is 18.2 Å². The predicted octanol–water partition coefficient (Wildman–Crippen LogP) is 3.16. The number of amides is 1. The fraction of sp³-hybridized carbons (Fsp3) is 0.167. The maximum atomic E-state index is 13.5. The number of aromatic amines is 1. The van der Waals surface area contributed by atoms with Crippen molar-refractivity contribution < 1.29 is 13.6 Å². The largest absolute Gasteiger partial charge is 0.321 e. The Morgan fingerprint density at radius 1 is 1.08 bits per heavy atom. The molecule has 25 heavy (non-hydrogen) atoms. The summed E-state index contributed by atoms with van der Waals surface area (Å²) < 4.78 is 27.0. The van der Waals surface area contributed by atoms with Gasteiger partial charge in [0.15, 0.2) is 0 Å². The van der Waals surface area contributed by atoms with Gasteiger partial charge in [0.1, 0.15) is 23.1 Å². The van der Waals surface area contributed by atoms with Gasteiger partial charge in [-0.2, -0.15) is 0 Å². The number of hydrogen-bond acceptors (Lipinski definition) is 3. The van der Waals surface area contributed by atoms with Gasteiger partial charge in [0.2, 0.25) is 5.91 Å². The van der Waals surface area contributed by atoms with Gasteiger partial charge in [-0.15, -0.1) is 0 Å². The molecule has 5 nitrogen and oxygen atoms in total. The van der Waals surface area contributed by atoms with E-state index in [-0.39, 0.29) is 12.0 Å². The first kappa shape index (κ1) is 16.8. The van der Waals surface area contributed by atoms with E-state index in [4.69, 9.17) is 0 Å². The summed E-state index contributed by atoms with van der Waals surface area (Å²) in [5.74, 6) is -1.69. The van der Waals surface area contributed by atoms with E-state index >= 15 is 0 Å². The van der Waals surface area contributed by atoms with E-state index in [9.17, 15) is 18.4 Å². The number of fused-ring (bicyclic) bond motifs is 1. The number of aromatic nitrogens is 2. The Morgan fingerprint density at radius 2 is 1.80 bits per heavy atom. The summed E-state index contributed by atoms with van der Waals surface area (Å²) in [6.45, 7) is 0. The summed E-state index contributed by atoms with van der Waals surface area (Å²) in [6, 6.07) is 10.3. The van der Waals surface area contributed by atoms with Crippen LogP contribution in [0, 0.1) is 11.6 Å². The second-order valence-electron chi connectivity index (χ2n) is 5.53. The van der Waals surface area contributed by atoms with E-state index in [0.29, 0.717) is 29.6 Å². The van der Waals surface area contributed by atoms with Crippen molar-refractivity contribution >= 4 is 22.5 Å². The highest BCUT2D eigenvalue weighted by molar-refractivity contribution is 5.90. The molecule has 0 aliphatic carbocycles. The highest BCUT2D eigenvalue weighted by Crippen LogP contribution is 2.18. The molecule has 0 aliphatic rings. The molecule has 0 aliphatic heterocycles. The van der Waals surface area contributed by atoms with Gasteiger partial charge in [-0.25, -0.2) is 13.8 Å². The van der Waals surface area contributed by atoms with Crippen LogP contribution >= 0.6 is 0 Å². The third kappa shape index (κ3) is 3.88. The van der Waals surface area contributed by atoms with Crippen LogP contribution in [-0.4, -0.2) is 15.9 Å². The summed E-state index contributed by atoms with van der Waals surface area (Å²) in [7, 11) is 0. The molecular formula is C18H15F2N3O2. The molecule has 3 rings (SSSR count). The lowest BCUT2D eigenvalue weighted by Crippen LogP contribution is -2.15. The van der Waals surface area contributed by atoms with Gasteiger partial charge in [0, 0.05) is 12.8 Å². The van der Waals surface area contributed by atoms with Gasteiger partial charge in [-0.05, 0) is 30.7 Å². The molecule has 2 aromatic carbocycles. The molecular weight excluding hydrogens is 328 g/mol. The van der Waals surface area contributed by atoms with Crippen LogP contribution in [0.2, 0.25) is 0 Å². The predicted molar refractivity (Wildman–Crippen MR) is 90.3 cm³/mol. The van der Waals surface area contributed by atoms with Gasteiger partial charge >= 0.3 is 0 Å². The molecule has 0 spiro atoms. The SMILES string of the molecule is O=C(CCCc1nc2ccccc2c(=O)[nH]1)Nc1c(F)cccc1F. The Labute approximate surface area is 141 Å². The van der Waals surface area contributed by atoms with Crippen LogP contribution < -0.4 is 10.9 Å². The first-order valence-electron chi connectivity index (χ1n) is 7.76. The number of para-hydroxylation sites is 2. The van der Waals surface area contributed by atoms with Crippen molar-refractivity contribution in [2.75, 3.05) is 5.32 Å². The zero-order chi connectivity index (χ0) is 17.8. The van der Waals surface area contributed by atoms with Gasteiger partial charge in [0.05, 0.1) is 10.9 Å². The Hall–Kier alpha value is -3.09. The van der Waals surface area contributed by atoms with E-state index in [2.05, 4.69) is 15.3 Å². The number of carbonyl (C=O) groups is 1. The lowest BCUT2D eigenvalue weighted by atomic mass is 10.2. The lowest BCUT2D eigenvalue weighted by molar-refractivity contribution is -0.116. The number of nitrogens with one attached hydrogen (secondary N) is 2. The number of halogens is 2. The molecule has 0 atom stereocenters. The number of anilines is 1. The molecule has 0 fully saturated rings. The Bertz CT molecular complexity index is 965. The molecule has 1 heterocycles. The van der Waals surface area contributed by atoms with Crippen LogP contribution in [-0.2, 0) is 11.2 Å². The number of benzene rings is 2. The van der Waals surface area contributed by atoms with Crippen LogP contribution in [0.25, 0.3) is 10.9 Å². The van der Waals surface area contributed by atoms with E-state index < -0.39 is 23.2 Å². The first-order chi connectivity index (χ1) is 12.0. The van der Waals surface area contributed by atoms with Gasteiger partial charge < -0.3 is 10.3 Å². The summed E-state index contributed by atoms with van der Waals surface area (Å²) in [5.41, 5.74) is -0.109. The average molecular weight is 343 g/mol. The highest BCUT2D eigenvalue weighted by Gasteiger charge is 2.12. The summed E-state index contributed by atoms with van der Waals surface area (Å²) in [5, 5.41) is 2.72. The number of aryl methyl sites for hydroxylation is 1. The van der Waals surface area contributed by atoms with E-state index in [1.165, 1.54) is 6.07 Å². The minimum absolute atomic E-state index is 0.0459. The first-order valence-corrected chi connectivity index (χ1v) is 7.76. The van der Waals surface area contributed by atoms with Crippen molar-refractivity contribution in [1.29, 1.82) is 0 Å². The van der Waals surface area contributed by atoms with Crippen molar-refractivity contribution in [3.8, 4) is 0 Å². The standard InChI is InChI=1S/C18H15F2N3O2/c19-12-6-3-7-13(20)17(12)23-16(24)10-4-9-15-21-14-8-2-1-5-11(14)18(25)22-15/h1-3,5-8H,4,9-10H2,(H,23,24)(H,21,22,25). The maximum Gasteiger partial charge on any atom is 0.258 e. The quantitative estimate of drug-likeness (QED) is 0.747. The normalized spacial score (nSPS) is 10.8. The molecule has 1 aromatic heterocycles. The highest BCUT2D eigenvalue weighted by atomic mass is 19.1. The summed E-state index contributed by atoms with van der Waals surface area (Å²) in [6.07, 6.45) is 0.792. The molecule has 0 saturated carbocycles. The summed E-state index contributed by atoms with van der Waals surface area (Å²) in [4.78, 5) is 30.8. The maximum absolute atomic E-state index is 13.5. The zero-order valence-electron chi connectivity index (χ0n) is 13.2. The van der Waals surface area contributed by atoms with Crippen molar-refractivity contribution in [3.63, 3.8) is 0 Å². The van der Waals surface area contributed by atoms with Crippen LogP contribution in [0.15, 0.2) is 47.3 Å². The van der Waals surface area contributed by atoms with Crippen LogP contribution in [0.3, 0.4) is 0 Å². The van der Waals surface area contributed by atoms with Crippen LogP contribution in [0.4, 0.5) is 14.5 Å². The zero-order valence-corrected chi connectivity index (χ0v) is 13.2. The molecule has 128 valence electrons. The molecule has 0 bridgehead atoms. The third-order valence-corrected chi connectivity index (χ3v) is 3.71. The Morgan fingerprint density at radius 3 is 2.56 bits per heavy atom. The minimum atomic E-state index is -0.825. The Kier molecular flexibility index (Phi) is 4.83. The van der Waals surface area contributed by atoms with Gasteiger partial charge in [0.25, 0.3) is 5.56 Å². The fourth-order valence-corrected chi connectivity index (χ4v) is 2.49. The average Bonchev–Trinajstić information content (AvgIpc) is 2.58. The molecule has 0 radical (unpaired) electrons. The van der Waals surface area contributed by atoms with E-state index in [0.717, 1.165) is 12.1 Å². The second-order valence-corrected chi connectivity index (χ2v) is 5.53. The Balaban J connectivity index is 1.61. The van der Waals surface area contributed by atoms with Crippen LogP contribution in [0.5, 0.6) is 0 Å². The summed E-state index contributed by atoms with van der Waals surface area (Å²) >= 11 is 0. The topological polar surface area (TPSA) is 74.8 Å². The molecule has 0 saturated heterocycles. The minimum Gasteiger partial charge on any atom is -0.321 e. The number of rotatable bonds is 5. The van der Waals surface area contributed by atoms with Crippen molar-refractivity contribution in [3.05, 3.63) is 70.3 Å². The van der Waals surface area contributed by atoms with E-state index in [1.807, 2.05) is 0 Å².